The van der Waals surface area contributed by atoms with Gasteiger partial charge in [-0.15, -0.1) is 0 Å². The third kappa shape index (κ3) is 3.02. The molecule has 0 fully saturated rings. The molecule has 1 N–H and O–H groups in total. The highest BCUT2D eigenvalue weighted by Crippen LogP contribution is 2.25. The van der Waals surface area contributed by atoms with Crippen LogP contribution in [0.15, 0.2) is 48.5 Å². The summed E-state index contributed by atoms with van der Waals surface area (Å²) in [4.78, 5) is 12.1. The van der Waals surface area contributed by atoms with Crippen molar-refractivity contribution >= 4 is 11.6 Å². The van der Waals surface area contributed by atoms with E-state index in [1.54, 1.807) is 0 Å². The highest BCUT2D eigenvalue weighted by molar-refractivity contribution is 6.04. The minimum Gasteiger partial charge on any atom is -0.322 e. The molecule has 0 heterocycles. The molecule has 0 unspecified atom stereocenters. The predicted molar refractivity (Wildman–Crippen MR) is 79.7 cm³/mol. The van der Waals surface area contributed by atoms with E-state index in [1.165, 1.54) is 5.56 Å². The average molecular weight is 253 g/mol. The van der Waals surface area contributed by atoms with Gasteiger partial charge >= 0.3 is 0 Å². The van der Waals surface area contributed by atoms with Gasteiger partial charge in [-0.2, -0.15) is 0 Å². The van der Waals surface area contributed by atoms with Crippen LogP contribution in [0.1, 0.15) is 41.3 Å². The van der Waals surface area contributed by atoms with E-state index in [0.29, 0.717) is 11.5 Å². The van der Waals surface area contributed by atoms with Gasteiger partial charge in [0.15, 0.2) is 0 Å². The van der Waals surface area contributed by atoms with Gasteiger partial charge < -0.3 is 5.32 Å². The van der Waals surface area contributed by atoms with Gasteiger partial charge in [0.05, 0.1) is 0 Å². The molecule has 2 aromatic rings. The average Bonchev–Trinajstić information content (AvgIpc) is 2.41. The summed E-state index contributed by atoms with van der Waals surface area (Å²) in [6.07, 6.45) is 0. The van der Waals surface area contributed by atoms with E-state index in [2.05, 4.69) is 32.2 Å². The van der Waals surface area contributed by atoms with Crippen LogP contribution in [0.25, 0.3) is 0 Å². The Morgan fingerprint density at radius 3 is 2.32 bits per heavy atom. The van der Waals surface area contributed by atoms with Gasteiger partial charge in [0.25, 0.3) is 5.91 Å². The van der Waals surface area contributed by atoms with Crippen LogP contribution in [0.4, 0.5) is 5.69 Å². The van der Waals surface area contributed by atoms with Crippen LogP contribution in [-0.4, -0.2) is 5.91 Å². The Morgan fingerprint density at radius 1 is 1.00 bits per heavy atom. The van der Waals surface area contributed by atoms with Crippen molar-refractivity contribution in [2.75, 3.05) is 5.32 Å². The lowest BCUT2D eigenvalue weighted by molar-refractivity contribution is 0.102. The number of nitrogens with one attached hydrogen (secondary N) is 1. The Hall–Kier alpha value is -2.09. The summed E-state index contributed by atoms with van der Waals surface area (Å²) in [6.45, 7) is 6.37. The fourth-order valence-electron chi connectivity index (χ4n) is 2.20. The van der Waals surface area contributed by atoms with Crippen molar-refractivity contribution < 1.29 is 4.79 Å². The number of benzene rings is 2. The highest BCUT2D eigenvalue weighted by Gasteiger charge is 2.10. The van der Waals surface area contributed by atoms with Crippen molar-refractivity contribution in [3.63, 3.8) is 0 Å². The number of rotatable bonds is 3. The van der Waals surface area contributed by atoms with Crippen LogP contribution in [0.2, 0.25) is 0 Å². The minimum absolute atomic E-state index is 0.0652. The Morgan fingerprint density at radius 2 is 1.68 bits per heavy atom. The van der Waals surface area contributed by atoms with Crippen molar-refractivity contribution in [3.8, 4) is 0 Å². The molecule has 2 heteroatoms. The van der Waals surface area contributed by atoms with Gasteiger partial charge in [-0.3, -0.25) is 4.79 Å². The minimum atomic E-state index is -0.0652. The molecule has 0 aliphatic rings. The third-order valence-corrected chi connectivity index (χ3v) is 3.28. The molecule has 0 radical (unpaired) electrons. The molecular weight excluding hydrogens is 234 g/mol. The molecule has 1 amide bonds. The maximum Gasteiger partial charge on any atom is 0.255 e. The first-order valence-electron chi connectivity index (χ1n) is 6.55. The molecular formula is C17H19NO. The van der Waals surface area contributed by atoms with E-state index in [4.69, 9.17) is 0 Å². The Labute approximate surface area is 114 Å². The molecule has 0 bridgehead atoms. The van der Waals surface area contributed by atoms with Gasteiger partial charge in [0, 0.05) is 11.3 Å². The Bertz CT molecular complexity index is 573. The van der Waals surface area contributed by atoms with Crippen LogP contribution in [0.5, 0.6) is 0 Å². The van der Waals surface area contributed by atoms with E-state index in [9.17, 15) is 4.79 Å². The first-order chi connectivity index (χ1) is 9.09. The quantitative estimate of drug-likeness (QED) is 0.864. The molecule has 2 rings (SSSR count). The molecule has 98 valence electrons. The lowest BCUT2D eigenvalue weighted by Crippen LogP contribution is -2.13. The molecule has 2 nitrogen and oxygen atoms in total. The van der Waals surface area contributed by atoms with Crippen molar-refractivity contribution in [2.24, 2.45) is 0 Å². The van der Waals surface area contributed by atoms with Crippen LogP contribution >= 0.6 is 0 Å². The molecule has 0 aliphatic carbocycles. The Kier molecular flexibility index (Phi) is 4.00. The normalized spacial score (nSPS) is 10.5. The summed E-state index contributed by atoms with van der Waals surface area (Å²) in [5.74, 6) is 0.387. The van der Waals surface area contributed by atoms with E-state index >= 15 is 0 Å². The number of carbonyl (C=O) groups is 1. The summed E-state index contributed by atoms with van der Waals surface area (Å²) >= 11 is 0. The second kappa shape index (κ2) is 5.70. The molecule has 0 atom stereocenters. The molecule has 0 aromatic heterocycles. The molecule has 0 saturated carbocycles. The number of anilines is 1. The maximum absolute atomic E-state index is 12.1. The van der Waals surface area contributed by atoms with E-state index in [-0.39, 0.29) is 5.91 Å². The largest absolute Gasteiger partial charge is 0.322 e. The van der Waals surface area contributed by atoms with Gasteiger partial charge in [0.2, 0.25) is 0 Å². The monoisotopic (exact) mass is 253 g/mol. The second-order valence-electron chi connectivity index (χ2n) is 4.99. The predicted octanol–water partition coefficient (Wildman–Crippen LogP) is 4.37. The topological polar surface area (TPSA) is 29.1 Å². The fraction of sp³-hybridized carbons (Fsp3) is 0.235. The molecule has 2 aromatic carbocycles. The van der Waals surface area contributed by atoms with E-state index < -0.39 is 0 Å². The zero-order valence-electron chi connectivity index (χ0n) is 11.6. The standard InChI is InChI=1S/C17H19NO/c1-12(2)15-10-7-11-16(13(15)3)18-17(19)14-8-5-4-6-9-14/h4-12H,1-3H3,(H,18,19). The second-order valence-corrected chi connectivity index (χ2v) is 4.99. The van der Waals surface area contributed by atoms with Crippen LogP contribution in [0, 0.1) is 6.92 Å². The molecule has 0 saturated heterocycles. The molecule has 19 heavy (non-hydrogen) atoms. The van der Waals surface area contributed by atoms with E-state index in [0.717, 1.165) is 11.3 Å². The SMILES string of the molecule is Cc1c(NC(=O)c2ccccc2)cccc1C(C)C. The lowest BCUT2D eigenvalue weighted by atomic mass is 9.97. The smallest absolute Gasteiger partial charge is 0.255 e. The number of hydrogen-bond donors (Lipinski definition) is 1. The van der Waals surface area contributed by atoms with Crippen LogP contribution in [-0.2, 0) is 0 Å². The van der Waals surface area contributed by atoms with Crippen molar-refractivity contribution in [2.45, 2.75) is 26.7 Å². The van der Waals surface area contributed by atoms with Crippen LogP contribution in [0.3, 0.4) is 0 Å². The number of amides is 1. The molecule has 0 spiro atoms. The van der Waals surface area contributed by atoms with Gasteiger partial charge in [0.1, 0.15) is 0 Å². The summed E-state index contributed by atoms with van der Waals surface area (Å²) in [5.41, 5.74) is 3.98. The summed E-state index contributed by atoms with van der Waals surface area (Å²) < 4.78 is 0. The summed E-state index contributed by atoms with van der Waals surface area (Å²) in [5, 5.41) is 2.98. The van der Waals surface area contributed by atoms with E-state index in [1.807, 2.05) is 42.5 Å². The highest BCUT2D eigenvalue weighted by atomic mass is 16.1. The maximum atomic E-state index is 12.1. The molecule has 0 aliphatic heterocycles. The van der Waals surface area contributed by atoms with Gasteiger partial charge in [-0.1, -0.05) is 44.2 Å². The van der Waals surface area contributed by atoms with Crippen molar-refractivity contribution in [3.05, 3.63) is 65.2 Å². The zero-order chi connectivity index (χ0) is 13.8. The van der Waals surface area contributed by atoms with Gasteiger partial charge in [-0.25, -0.2) is 0 Å². The van der Waals surface area contributed by atoms with Crippen molar-refractivity contribution in [1.82, 2.24) is 0 Å². The lowest BCUT2D eigenvalue weighted by Gasteiger charge is -2.14. The van der Waals surface area contributed by atoms with Gasteiger partial charge in [-0.05, 0) is 42.2 Å². The number of carbonyl (C=O) groups excluding carboxylic acids is 1. The van der Waals surface area contributed by atoms with Crippen LogP contribution < -0.4 is 5.32 Å². The first kappa shape index (κ1) is 13.3. The van der Waals surface area contributed by atoms with Crippen molar-refractivity contribution in [1.29, 1.82) is 0 Å². The fourth-order valence-corrected chi connectivity index (χ4v) is 2.20. The Balaban J connectivity index is 2.25. The first-order valence-corrected chi connectivity index (χ1v) is 6.55. The number of hydrogen-bond acceptors (Lipinski definition) is 1. The summed E-state index contributed by atoms with van der Waals surface area (Å²) in [7, 11) is 0. The summed E-state index contributed by atoms with van der Waals surface area (Å²) in [6, 6.07) is 15.3. The zero-order valence-corrected chi connectivity index (χ0v) is 11.6. The third-order valence-electron chi connectivity index (χ3n) is 3.28.